The van der Waals surface area contributed by atoms with Gasteiger partial charge < -0.3 is 5.11 Å². The smallest absolute Gasteiger partial charge is 0.307 e. The van der Waals surface area contributed by atoms with Gasteiger partial charge in [-0.05, 0) is 81.6 Å². The van der Waals surface area contributed by atoms with Crippen LogP contribution in [0.5, 0.6) is 0 Å². The Morgan fingerprint density at radius 1 is 1.15 bits per heavy atom. The molecule has 0 aromatic rings. The number of carbonyl (C=O) groups is 1. The minimum absolute atomic E-state index is 0.119. The minimum Gasteiger partial charge on any atom is -0.481 e. The molecule has 5 fully saturated rings. The van der Waals surface area contributed by atoms with Crippen LogP contribution < -0.4 is 0 Å². The Balaban J connectivity index is 1.51. The van der Waals surface area contributed by atoms with Gasteiger partial charge in [0.05, 0.1) is 5.92 Å². The molecule has 112 valence electrons. The standard InChI is InChI=1S/C17H27NO2/c1-11(18-3-2-15(10-18)16(19)20)17-7-12-4-13(8-17)6-14(5-12)9-17/h11-15H,2-10H2,1H3,(H,19,20). The van der Waals surface area contributed by atoms with E-state index in [2.05, 4.69) is 11.8 Å². The summed E-state index contributed by atoms with van der Waals surface area (Å²) in [5.41, 5.74) is 0.530. The van der Waals surface area contributed by atoms with Gasteiger partial charge in [0.25, 0.3) is 0 Å². The summed E-state index contributed by atoms with van der Waals surface area (Å²) in [4.78, 5) is 13.7. The van der Waals surface area contributed by atoms with Crippen molar-refractivity contribution < 1.29 is 9.90 Å². The number of rotatable bonds is 3. The van der Waals surface area contributed by atoms with Crippen LogP contribution in [0.1, 0.15) is 51.9 Å². The summed E-state index contributed by atoms with van der Waals surface area (Å²) >= 11 is 0. The SMILES string of the molecule is CC(N1CCC(C(=O)O)C1)C12CC3CC(CC(C3)C1)C2. The summed E-state index contributed by atoms with van der Waals surface area (Å²) < 4.78 is 0. The van der Waals surface area contributed by atoms with Crippen molar-refractivity contribution in [2.45, 2.75) is 57.9 Å². The number of likely N-dealkylation sites (tertiary alicyclic amines) is 1. The molecule has 4 aliphatic carbocycles. The highest BCUT2D eigenvalue weighted by Crippen LogP contribution is 2.62. The fourth-order valence-corrected chi connectivity index (χ4v) is 6.42. The van der Waals surface area contributed by atoms with Gasteiger partial charge in [0.15, 0.2) is 0 Å². The zero-order valence-electron chi connectivity index (χ0n) is 12.6. The Kier molecular flexibility index (Phi) is 2.93. The highest BCUT2D eigenvalue weighted by atomic mass is 16.4. The second-order valence-electron chi connectivity index (χ2n) is 8.27. The number of hydrogen-bond donors (Lipinski definition) is 1. The fourth-order valence-electron chi connectivity index (χ4n) is 6.42. The van der Waals surface area contributed by atoms with Crippen molar-refractivity contribution in [3.05, 3.63) is 0 Å². The zero-order chi connectivity index (χ0) is 13.9. The number of carboxylic acid groups (broad SMARTS) is 1. The third kappa shape index (κ3) is 1.93. The zero-order valence-corrected chi connectivity index (χ0v) is 12.6. The van der Waals surface area contributed by atoms with Crippen LogP contribution in [0.15, 0.2) is 0 Å². The molecule has 2 atom stereocenters. The molecule has 1 aliphatic heterocycles. The first-order valence-corrected chi connectivity index (χ1v) is 8.52. The van der Waals surface area contributed by atoms with E-state index < -0.39 is 5.97 Å². The maximum absolute atomic E-state index is 11.2. The summed E-state index contributed by atoms with van der Waals surface area (Å²) in [7, 11) is 0. The van der Waals surface area contributed by atoms with E-state index in [1.54, 1.807) is 0 Å². The van der Waals surface area contributed by atoms with Crippen LogP contribution in [0.2, 0.25) is 0 Å². The molecule has 0 amide bonds. The van der Waals surface area contributed by atoms with Gasteiger partial charge in [-0.1, -0.05) is 0 Å². The van der Waals surface area contributed by atoms with E-state index in [1.807, 2.05) is 0 Å². The van der Waals surface area contributed by atoms with Gasteiger partial charge in [-0.15, -0.1) is 0 Å². The molecule has 1 heterocycles. The molecule has 5 rings (SSSR count). The highest BCUT2D eigenvalue weighted by Gasteiger charge is 2.54. The molecule has 1 saturated heterocycles. The summed E-state index contributed by atoms with van der Waals surface area (Å²) in [6, 6.07) is 0.597. The van der Waals surface area contributed by atoms with Gasteiger partial charge in [-0.3, -0.25) is 9.69 Å². The van der Waals surface area contributed by atoms with Gasteiger partial charge >= 0.3 is 5.97 Å². The van der Waals surface area contributed by atoms with Crippen molar-refractivity contribution in [1.82, 2.24) is 4.90 Å². The quantitative estimate of drug-likeness (QED) is 0.862. The molecule has 4 bridgehead atoms. The molecule has 0 aromatic carbocycles. The second kappa shape index (κ2) is 4.46. The Bertz CT molecular complexity index is 384. The minimum atomic E-state index is -0.592. The molecule has 0 aromatic heterocycles. The van der Waals surface area contributed by atoms with Crippen molar-refractivity contribution in [3.63, 3.8) is 0 Å². The van der Waals surface area contributed by atoms with Gasteiger partial charge in [0.2, 0.25) is 0 Å². The Hall–Kier alpha value is -0.570. The normalized spacial score (nSPS) is 48.6. The van der Waals surface area contributed by atoms with Gasteiger partial charge in [-0.2, -0.15) is 0 Å². The van der Waals surface area contributed by atoms with Gasteiger partial charge in [0, 0.05) is 12.6 Å². The largest absolute Gasteiger partial charge is 0.481 e. The predicted molar refractivity (Wildman–Crippen MR) is 77.4 cm³/mol. The highest BCUT2D eigenvalue weighted by molar-refractivity contribution is 5.70. The second-order valence-corrected chi connectivity index (χ2v) is 8.27. The van der Waals surface area contributed by atoms with E-state index in [4.69, 9.17) is 0 Å². The van der Waals surface area contributed by atoms with E-state index in [0.29, 0.717) is 11.5 Å². The Labute approximate surface area is 121 Å². The lowest BCUT2D eigenvalue weighted by Crippen LogP contribution is -2.55. The topological polar surface area (TPSA) is 40.5 Å². The maximum atomic E-state index is 11.2. The summed E-state index contributed by atoms with van der Waals surface area (Å²) in [5, 5.41) is 9.22. The first kappa shape index (κ1) is 13.1. The van der Waals surface area contributed by atoms with Crippen molar-refractivity contribution in [1.29, 1.82) is 0 Å². The van der Waals surface area contributed by atoms with Crippen molar-refractivity contribution >= 4 is 5.97 Å². The van der Waals surface area contributed by atoms with Crippen LogP contribution in [0, 0.1) is 29.1 Å². The molecule has 20 heavy (non-hydrogen) atoms. The lowest BCUT2D eigenvalue weighted by molar-refractivity contribution is -0.141. The lowest BCUT2D eigenvalue weighted by atomic mass is 9.47. The van der Waals surface area contributed by atoms with Crippen LogP contribution in [0.25, 0.3) is 0 Å². The molecule has 3 nitrogen and oxygen atoms in total. The third-order valence-corrected chi connectivity index (χ3v) is 7.09. The first-order chi connectivity index (χ1) is 9.56. The molecule has 0 radical (unpaired) electrons. The number of nitrogens with zero attached hydrogens (tertiary/aromatic N) is 1. The molecule has 2 unspecified atom stereocenters. The Morgan fingerprint density at radius 2 is 1.70 bits per heavy atom. The third-order valence-electron chi connectivity index (χ3n) is 7.09. The average molecular weight is 277 g/mol. The van der Waals surface area contributed by atoms with Crippen molar-refractivity contribution in [2.75, 3.05) is 13.1 Å². The van der Waals surface area contributed by atoms with Crippen LogP contribution in [-0.4, -0.2) is 35.1 Å². The molecule has 0 spiro atoms. The molecular formula is C17H27NO2. The molecule has 3 heteroatoms. The molecule has 1 N–H and O–H groups in total. The monoisotopic (exact) mass is 277 g/mol. The number of aliphatic carboxylic acids is 1. The van der Waals surface area contributed by atoms with Crippen LogP contribution in [0.4, 0.5) is 0 Å². The van der Waals surface area contributed by atoms with E-state index in [-0.39, 0.29) is 5.92 Å². The number of hydrogen-bond acceptors (Lipinski definition) is 2. The predicted octanol–water partition coefficient (Wildman–Crippen LogP) is 3.00. The lowest BCUT2D eigenvalue weighted by Gasteiger charge is -2.60. The summed E-state index contributed by atoms with van der Waals surface area (Å²) in [6.45, 7) is 4.19. The fraction of sp³-hybridized carbons (Fsp3) is 0.941. The van der Waals surface area contributed by atoms with Gasteiger partial charge in [-0.25, -0.2) is 0 Å². The molecular weight excluding hydrogens is 250 g/mol. The first-order valence-electron chi connectivity index (χ1n) is 8.52. The van der Waals surface area contributed by atoms with E-state index in [1.165, 1.54) is 38.5 Å². The van der Waals surface area contributed by atoms with Crippen LogP contribution >= 0.6 is 0 Å². The molecule has 5 aliphatic rings. The van der Waals surface area contributed by atoms with E-state index >= 15 is 0 Å². The van der Waals surface area contributed by atoms with E-state index in [9.17, 15) is 9.90 Å². The van der Waals surface area contributed by atoms with Crippen molar-refractivity contribution in [3.8, 4) is 0 Å². The Morgan fingerprint density at radius 3 is 2.15 bits per heavy atom. The maximum Gasteiger partial charge on any atom is 0.307 e. The average Bonchev–Trinajstić information content (AvgIpc) is 2.85. The van der Waals surface area contributed by atoms with Crippen molar-refractivity contribution in [2.24, 2.45) is 29.1 Å². The summed E-state index contributed by atoms with van der Waals surface area (Å²) in [5.74, 6) is 2.25. The summed E-state index contributed by atoms with van der Waals surface area (Å²) in [6.07, 6.45) is 9.60. The molecule has 4 saturated carbocycles. The van der Waals surface area contributed by atoms with Crippen LogP contribution in [-0.2, 0) is 4.79 Å². The van der Waals surface area contributed by atoms with Gasteiger partial charge in [0.1, 0.15) is 0 Å². The van der Waals surface area contributed by atoms with Crippen LogP contribution in [0.3, 0.4) is 0 Å². The van der Waals surface area contributed by atoms with E-state index in [0.717, 1.165) is 37.3 Å². The number of carboxylic acids is 1.